The monoisotopic (exact) mass is 914 g/mol. The standard InChI is InChI=1S/C46H56ClFN10O5S/c1-64(61,62)58-25-14-30-3-2-4-38(42(30)58)52-44-36(47)28-51-46(55-44)53-39-8-9-40(35-17-26-63-43(35)39)57-23-15-31(16-24-57)50-20-19-49-18-11-29-12-21-56(22-13-29)32-5-6-33(37(48)27-32)34-7-10-41(59)54-45(34)60/h2-6,8-9,27-29,31,34,49-50H,7,10-26H2,1H3,(H,54,59,60)(H2,51,52,53,55). The van der Waals surface area contributed by atoms with Crippen LogP contribution in [0.15, 0.2) is 54.7 Å². The number of fused-ring (bicyclic) bond motifs is 2. The van der Waals surface area contributed by atoms with Crippen molar-refractivity contribution in [2.45, 2.75) is 69.7 Å². The molecule has 1 unspecified atom stereocenters. The molecule has 1 aromatic heterocycles. The third-order valence-electron chi connectivity index (χ3n) is 13.3. The van der Waals surface area contributed by atoms with Gasteiger partial charge in [0.15, 0.2) is 5.82 Å². The molecular weight excluding hydrogens is 859 g/mol. The Kier molecular flexibility index (Phi) is 13.1. The van der Waals surface area contributed by atoms with Crippen molar-refractivity contribution in [3.8, 4) is 5.75 Å². The lowest BCUT2D eigenvalue weighted by Crippen LogP contribution is -2.44. The molecular formula is C46H56ClFN10O5S. The van der Waals surface area contributed by atoms with Gasteiger partial charge in [0.1, 0.15) is 16.6 Å². The second-order valence-electron chi connectivity index (χ2n) is 17.5. The lowest BCUT2D eigenvalue weighted by atomic mass is 9.89. The molecule has 5 aliphatic rings. The average Bonchev–Trinajstić information content (AvgIpc) is 3.97. The number of piperidine rings is 3. The molecule has 6 heterocycles. The Labute approximate surface area is 378 Å². The van der Waals surface area contributed by atoms with E-state index in [4.69, 9.17) is 16.3 Å². The highest BCUT2D eigenvalue weighted by atomic mass is 35.5. The minimum Gasteiger partial charge on any atom is -0.491 e. The first kappa shape index (κ1) is 44.0. The molecule has 0 saturated carbocycles. The van der Waals surface area contributed by atoms with Gasteiger partial charge in [-0.3, -0.25) is 19.2 Å². The second kappa shape index (κ2) is 19.1. The Bertz CT molecular complexity index is 2500. The highest BCUT2D eigenvalue weighted by Gasteiger charge is 2.32. The van der Waals surface area contributed by atoms with Gasteiger partial charge in [-0.05, 0) is 93.3 Å². The minimum atomic E-state index is -3.46. The number of carbonyl (C=O) groups is 2. The summed E-state index contributed by atoms with van der Waals surface area (Å²) >= 11 is 6.55. The molecule has 0 bridgehead atoms. The highest BCUT2D eigenvalue weighted by molar-refractivity contribution is 7.92. The number of hydrogen-bond donors (Lipinski definition) is 5. The molecule has 3 saturated heterocycles. The Balaban J connectivity index is 0.702. The van der Waals surface area contributed by atoms with Crippen LogP contribution in [-0.2, 0) is 32.5 Å². The van der Waals surface area contributed by atoms with Crippen LogP contribution in [0.4, 0.5) is 44.6 Å². The van der Waals surface area contributed by atoms with Crippen LogP contribution >= 0.6 is 11.6 Å². The van der Waals surface area contributed by atoms with Gasteiger partial charge in [0.2, 0.25) is 27.8 Å². The molecule has 3 fully saturated rings. The van der Waals surface area contributed by atoms with Crippen LogP contribution in [0.25, 0.3) is 0 Å². The van der Waals surface area contributed by atoms with E-state index in [2.05, 4.69) is 52.4 Å². The number of nitrogens with one attached hydrogen (secondary N) is 5. The van der Waals surface area contributed by atoms with Crippen LogP contribution in [0.2, 0.25) is 5.02 Å². The maximum absolute atomic E-state index is 15.1. The zero-order valence-electron chi connectivity index (χ0n) is 36.1. The number of sulfonamides is 1. The van der Waals surface area contributed by atoms with E-state index < -0.39 is 21.8 Å². The largest absolute Gasteiger partial charge is 0.491 e. The summed E-state index contributed by atoms with van der Waals surface area (Å²) in [6, 6.07) is 15.4. The van der Waals surface area contributed by atoms with Crippen LogP contribution in [0, 0.1) is 11.7 Å². The van der Waals surface area contributed by atoms with Crippen molar-refractivity contribution in [3.05, 3.63) is 82.3 Å². The molecule has 0 radical (unpaired) electrons. The molecule has 5 N–H and O–H groups in total. The van der Waals surface area contributed by atoms with E-state index in [0.29, 0.717) is 71.7 Å². The average molecular weight is 916 g/mol. The summed E-state index contributed by atoms with van der Waals surface area (Å²) in [6.45, 7) is 7.47. The van der Waals surface area contributed by atoms with E-state index in [9.17, 15) is 18.0 Å². The first-order chi connectivity index (χ1) is 31.0. The smallest absolute Gasteiger partial charge is 0.234 e. The van der Waals surface area contributed by atoms with Gasteiger partial charge >= 0.3 is 0 Å². The Hall–Kier alpha value is -5.23. The van der Waals surface area contributed by atoms with Crippen molar-refractivity contribution in [1.82, 2.24) is 25.9 Å². The summed E-state index contributed by atoms with van der Waals surface area (Å²) in [4.78, 5) is 37.6. The summed E-state index contributed by atoms with van der Waals surface area (Å²) in [5.41, 5.74) is 6.52. The normalized spacial score (nSPS) is 19.4. The maximum atomic E-state index is 15.1. The van der Waals surface area contributed by atoms with E-state index in [1.807, 2.05) is 30.3 Å². The number of aromatic nitrogens is 2. The second-order valence-corrected chi connectivity index (χ2v) is 19.8. The predicted octanol–water partition coefficient (Wildman–Crippen LogP) is 5.99. The number of anilines is 7. The van der Waals surface area contributed by atoms with Gasteiger partial charge in [0.25, 0.3) is 0 Å². The molecule has 5 aliphatic heterocycles. The van der Waals surface area contributed by atoms with Gasteiger partial charge in [-0.2, -0.15) is 4.98 Å². The fraction of sp³-hybridized carbons (Fsp3) is 0.478. The Morgan fingerprint density at radius 1 is 0.891 bits per heavy atom. The zero-order chi connectivity index (χ0) is 44.4. The molecule has 18 heteroatoms. The van der Waals surface area contributed by atoms with E-state index in [-0.39, 0.29) is 18.1 Å². The van der Waals surface area contributed by atoms with Gasteiger partial charge in [0, 0.05) is 87.2 Å². The number of benzene rings is 3. The Morgan fingerprint density at radius 2 is 1.70 bits per heavy atom. The van der Waals surface area contributed by atoms with Crippen LogP contribution in [0.5, 0.6) is 5.75 Å². The molecule has 1 atom stereocenters. The number of ether oxygens (including phenoxy) is 1. The minimum absolute atomic E-state index is 0.232. The van der Waals surface area contributed by atoms with Crippen LogP contribution < -0.4 is 45.4 Å². The summed E-state index contributed by atoms with van der Waals surface area (Å²) in [5, 5.41) is 16.6. The lowest BCUT2D eigenvalue weighted by molar-refractivity contribution is -0.134. The number of amides is 2. The third kappa shape index (κ3) is 9.72. The fourth-order valence-electron chi connectivity index (χ4n) is 9.88. The van der Waals surface area contributed by atoms with Gasteiger partial charge in [-0.15, -0.1) is 0 Å². The quantitative estimate of drug-likeness (QED) is 0.0697. The van der Waals surface area contributed by atoms with E-state index in [0.717, 1.165) is 107 Å². The van der Waals surface area contributed by atoms with Crippen LogP contribution in [0.1, 0.15) is 67.6 Å². The molecule has 0 spiro atoms. The number of halogens is 2. The molecule has 2 amide bonds. The molecule has 15 nitrogen and oxygen atoms in total. The fourth-order valence-corrected chi connectivity index (χ4v) is 11.0. The molecule has 340 valence electrons. The number of para-hydroxylation sites is 1. The van der Waals surface area contributed by atoms with Crippen molar-refractivity contribution >= 4 is 73.6 Å². The predicted molar refractivity (Wildman–Crippen MR) is 249 cm³/mol. The summed E-state index contributed by atoms with van der Waals surface area (Å²) in [5.74, 6) is 0.418. The molecule has 9 rings (SSSR count). The van der Waals surface area contributed by atoms with Gasteiger partial charge < -0.3 is 35.8 Å². The SMILES string of the molecule is CS(=O)(=O)N1CCc2cccc(Nc3nc(Nc4ccc(N5CCC(NCCNCCC6CCN(c7ccc(C8CCC(=O)NC8=O)c(F)c7)CC6)CC5)c5c4OCC5)ncc3Cl)c21. The summed E-state index contributed by atoms with van der Waals surface area (Å²) < 4.78 is 47.8. The van der Waals surface area contributed by atoms with Crippen molar-refractivity contribution < 1.29 is 27.1 Å². The van der Waals surface area contributed by atoms with Crippen LogP contribution in [-0.4, -0.2) is 101 Å². The van der Waals surface area contributed by atoms with Crippen molar-refractivity contribution in [2.24, 2.45) is 5.92 Å². The molecule has 64 heavy (non-hydrogen) atoms. The highest BCUT2D eigenvalue weighted by Crippen LogP contribution is 2.43. The van der Waals surface area contributed by atoms with Crippen LogP contribution in [0.3, 0.4) is 0 Å². The first-order valence-corrected chi connectivity index (χ1v) is 24.7. The number of rotatable bonds is 15. The van der Waals surface area contributed by atoms with E-state index in [1.165, 1.54) is 28.0 Å². The lowest BCUT2D eigenvalue weighted by Gasteiger charge is -2.35. The number of nitrogens with zero attached hydrogens (tertiary/aromatic N) is 5. The number of imide groups is 1. The first-order valence-electron chi connectivity index (χ1n) is 22.5. The zero-order valence-corrected chi connectivity index (χ0v) is 37.7. The van der Waals surface area contributed by atoms with Gasteiger partial charge in [-0.1, -0.05) is 29.8 Å². The van der Waals surface area contributed by atoms with E-state index in [1.54, 1.807) is 12.1 Å². The summed E-state index contributed by atoms with van der Waals surface area (Å²) in [6.07, 6.45) is 10.1. The number of hydrogen-bond acceptors (Lipinski definition) is 13. The van der Waals surface area contributed by atoms with Gasteiger partial charge in [-0.25, -0.2) is 17.8 Å². The van der Waals surface area contributed by atoms with Gasteiger partial charge in [0.05, 0.1) is 42.0 Å². The summed E-state index contributed by atoms with van der Waals surface area (Å²) in [7, 11) is -3.46. The van der Waals surface area contributed by atoms with E-state index >= 15 is 4.39 Å². The topological polar surface area (TPSA) is 173 Å². The maximum Gasteiger partial charge on any atom is 0.234 e. The molecule has 0 aliphatic carbocycles. The molecule has 3 aromatic carbocycles. The van der Waals surface area contributed by atoms with Crippen molar-refractivity contribution in [2.75, 3.05) is 90.0 Å². The number of carbonyl (C=O) groups excluding carboxylic acids is 2. The van der Waals surface area contributed by atoms with Crippen molar-refractivity contribution in [1.29, 1.82) is 0 Å². The molecule has 4 aromatic rings. The third-order valence-corrected chi connectivity index (χ3v) is 14.8. The Morgan fingerprint density at radius 3 is 2.48 bits per heavy atom. The van der Waals surface area contributed by atoms with Crippen molar-refractivity contribution in [3.63, 3.8) is 0 Å².